The fourth-order valence-corrected chi connectivity index (χ4v) is 1.51. The standard InChI is InChI=1S/C12H20N2O3/c1-7(2)8(3)6-14-10(16)12(4,5)9(15)13-11(14)17/h7-8H,6H2,1-5H3,(H,13,15,17). The predicted molar refractivity (Wildman–Crippen MR) is 63.0 cm³/mol. The smallest absolute Gasteiger partial charge is 0.277 e. The van der Waals surface area contributed by atoms with Crippen molar-refractivity contribution in [2.45, 2.75) is 34.6 Å². The second-order valence-electron chi connectivity index (χ2n) is 5.52. The molecule has 1 heterocycles. The Morgan fingerprint density at radius 1 is 1.18 bits per heavy atom. The largest absolute Gasteiger partial charge is 0.330 e. The van der Waals surface area contributed by atoms with Crippen LogP contribution >= 0.6 is 0 Å². The Bertz CT molecular complexity index is 361. The Kier molecular flexibility index (Phi) is 3.59. The Hall–Kier alpha value is -1.39. The van der Waals surface area contributed by atoms with E-state index in [2.05, 4.69) is 5.32 Å². The highest BCUT2D eigenvalue weighted by atomic mass is 16.2. The van der Waals surface area contributed by atoms with Gasteiger partial charge in [-0.2, -0.15) is 0 Å². The zero-order valence-corrected chi connectivity index (χ0v) is 11.0. The third-order valence-corrected chi connectivity index (χ3v) is 3.42. The summed E-state index contributed by atoms with van der Waals surface area (Å²) in [4.78, 5) is 36.4. The number of carbonyl (C=O) groups is 3. The molecule has 1 aliphatic rings. The van der Waals surface area contributed by atoms with E-state index in [1.165, 1.54) is 13.8 Å². The summed E-state index contributed by atoms with van der Waals surface area (Å²) in [6.07, 6.45) is 0. The van der Waals surface area contributed by atoms with Crippen LogP contribution in [0.2, 0.25) is 0 Å². The SMILES string of the molecule is CC(C)C(C)CN1C(=O)NC(=O)C(C)(C)C1=O. The minimum absolute atomic E-state index is 0.203. The minimum Gasteiger partial charge on any atom is -0.277 e. The van der Waals surface area contributed by atoms with Crippen molar-refractivity contribution >= 4 is 17.8 Å². The molecule has 1 N–H and O–H groups in total. The van der Waals surface area contributed by atoms with Gasteiger partial charge in [-0.3, -0.25) is 19.8 Å². The van der Waals surface area contributed by atoms with Crippen LogP contribution in [0.25, 0.3) is 0 Å². The highest BCUT2D eigenvalue weighted by Crippen LogP contribution is 2.25. The molecule has 4 amide bonds. The molecule has 0 spiro atoms. The summed E-state index contributed by atoms with van der Waals surface area (Å²) in [6, 6.07) is -0.605. The van der Waals surface area contributed by atoms with Crippen molar-refractivity contribution < 1.29 is 14.4 Å². The highest BCUT2D eigenvalue weighted by Gasteiger charge is 2.47. The van der Waals surface area contributed by atoms with E-state index in [1.807, 2.05) is 20.8 Å². The van der Waals surface area contributed by atoms with Crippen molar-refractivity contribution in [3.63, 3.8) is 0 Å². The number of barbiturate groups is 1. The topological polar surface area (TPSA) is 66.5 Å². The van der Waals surface area contributed by atoms with Crippen LogP contribution < -0.4 is 5.32 Å². The number of imide groups is 2. The van der Waals surface area contributed by atoms with Gasteiger partial charge in [-0.25, -0.2) is 4.79 Å². The molecule has 1 atom stereocenters. The molecule has 0 aromatic carbocycles. The van der Waals surface area contributed by atoms with E-state index in [4.69, 9.17) is 0 Å². The van der Waals surface area contributed by atoms with Crippen LogP contribution in [0.3, 0.4) is 0 Å². The van der Waals surface area contributed by atoms with Crippen LogP contribution in [0, 0.1) is 17.3 Å². The average Bonchev–Trinajstić information content (AvgIpc) is 2.22. The molecule has 1 aliphatic heterocycles. The molecule has 0 saturated carbocycles. The molecule has 5 heteroatoms. The molecule has 1 fully saturated rings. The number of hydrogen-bond acceptors (Lipinski definition) is 3. The maximum absolute atomic E-state index is 12.1. The predicted octanol–water partition coefficient (Wildman–Crippen LogP) is 1.38. The molecule has 0 aromatic heterocycles. The van der Waals surface area contributed by atoms with Gasteiger partial charge in [0.15, 0.2) is 0 Å². The summed E-state index contributed by atoms with van der Waals surface area (Å²) >= 11 is 0. The van der Waals surface area contributed by atoms with Crippen molar-refractivity contribution in [2.24, 2.45) is 17.3 Å². The van der Waals surface area contributed by atoms with E-state index in [-0.39, 0.29) is 5.92 Å². The number of amides is 4. The third kappa shape index (κ3) is 2.48. The normalized spacial score (nSPS) is 21.8. The van der Waals surface area contributed by atoms with Gasteiger partial charge in [0.05, 0.1) is 0 Å². The summed E-state index contributed by atoms with van der Waals surface area (Å²) < 4.78 is 0. The number of urea groups is 1. The molecular formula is C12H20N2O3. The molecule has 5 nitrogen and oxygen atoms in total. The molecule has 1 rings (SSSR count). The molecular weight excluding hydrogens is 220 g/mol. The monoisotopic (exact) mass is 240 g/mol. The molecule has 0 bridgehead atoms. The number of rotatable bonds is 3. The quantitative estimate of drug-likeness (QED) is 0.758. The summed E-state index contributed by atoms with van der Waals surface area (Å²) in [5.41, 5.74) is -1.16. The summed E-state index contributed by atoms with van der Waals surface area (Å²) in [6.45, 7) is 9.46. The Morgan fingerprint density at radius 2 is 1.71 bits per heavy atom. The lowest BCUT2D eigenvalue weighted by atomic mass is 9.87. The fraction of sp³-hybridized carbons (Fsp3) is 0.750. The first-order valence-corrected chi connectivity index (χ1v) is 5.85. The van der Waals surface area contributed by atoms with Crippen LogP contribution in [-0.4, -0.2) is 29.3 Å². The molecule has 1 saturated heterocycles. The van der Waals surface area contributed by atoms with E-state index in [9.17, 15) is 14.4 Å². The molecule has 96 valence electrons. The first kappa shape index (κ1) is 13.7. The van der Waals surface area contributed by atoms with Crippen molar-refractivity contribution in [3.8, 4) is 0 Å². The number of nitrogens with one attached hydrogen (secondary N) is 1. The van der Waals surface area contributed by atoms with E-state index < -0.39 is 23.3 Å². The minimum atomic E-state index is -1.16. The van der Waals surface area contributed by atoms with Crippen LogP contribution in [-0.2, 0) is 9.59 Å². The Balaban J connectivity index is 2.89. The van der Waals surface area contributed by atoms with Crippen LogP contribution in [0.1, 0.15) is 34.6 Å². The van der Waals surface area contributed by atoms with Gasteiger partial charge in [0.2, 0.25) is 11.8 Å². The zero-order valence-electron chi connectivity index (χ0n) is 11.0. The summed E-state index contributed by atoms with van der Waals surface area (Å²) in [5.74, 6) is -0.371. The van der Waals surface area contributed by atoms with Gasteiger partial charge < -0.3 is 0 Å². The lowest BCUT2D eigenvalue weighted by molar-refractivity contribution is -0.149. The summed E-state index contributed by atoms with van der Waals surface area (Å²) in [7, 11) is 0. The highest BCUT2D eigenvalue weighted by molar-refractivity contribution is 6.18. The van der Waals surface area contributed by atoms with Crippen molar-refractivity contribution in [1.82, 2.24) is 10.2 Å². The second-order valence-corrected chi connectivity index (χ2v) is 5.52. The second kappa shape index (κ2) is 4.47. The lowest BCUT2D eigenvalue weighted by Gasteiger charge is -2.36. The van der Waals surface area contributed by atoms with Gasteiger partial charge in [-0.1, -0.05) is 20.8 Å². The maximum Gasteiger partial charge on any atom is 0.330 e. The van der Waals surface area contributed by atoms with Crippen molar-refractivity contribution in [1.29, 1.82) is 0 Å². The van der Waals surface area contributed by atoms with Crippen LogP contribution in [0.4, 0.5) is 4.79 Å². The van der Waals surface area contributed by atoms with E-state index in [0.717, 1.165) is 4.90 Å². The van der Waals surface area contributed by atoms with Crippen LogP contribution in [0.5, 0.6) is 0 Å². The Labute approximate surface area is 102 Å². The van der Waals surface area contributed by atoms with Crippen molar-refractivity contribution in [2.75, 3.05) is 6.54 Å². The first-order valence-electron chi connectivity index (χ1n) is 5.85. The molecule has 0 aliphatic carbocycles. The third-order valence-electron chi connectivity index (χ3n) is 3.42. The van der Waals surface area contributed by atoms with Gasteiger partial charge in [-0.15, -0.1) is 0 Å². The van der Waals surface area contributed by atoms with Crippen molar-refractivity contribution in [3.05, 3.63) is 0 Å². The van der Waals surface area contributed by atoms with E-state index in [1.54, 1.807) is 0 Å². The van der Waals surface area contributed by atoms with Gasteiger partial charge in [-0.05, 0) is 25.7 Å². The number of carbonyl (C=O) groups excluding carboxylic acids is 3. The number of nitrogens with zero attached hydrogens (tertiary/aromatic N) is 1. The molecule has 0 aromatic rings. The maximum atomic E-state index is 12.1. The van der Waals surface area contributed by atoms with Gasteiger partial charge in [0, 0.05) is 6.54 Å². The molecule has 1 unspecified atom stereocenters. The Morgan fingerprint density at radius 3 is 2.18 bits per heavy atom. The van der Waals surface area contributed by atoms with E-state index >= 15 is 0 Å². The van der Waals surface area contributed by atoms with Gasteiger partial charge in [0.25, 0.3) is 0 Å². The average molecular weight is 240 g/mol. The zero-order chi connectivity index (χ0) is 13.4. The fourth-order valence-electron chi connectivity index (χ4n) is 1.51. The van der Waals surface area contributed by atoms with Gasteiger partial charge >= 0.3 is 6.03 Å². The summed E-state index contributed by atoms with van der Waals surface area (Å²) in [5, 5.41) is 2.22. The molecule has 0 radical (unpaired) electrons. The molecule has 17 heavy (non-hydrogen) atoms. The lowest BCUT2D eigenvalue weighted by Crippen LogP contribution is -2.62. The number of hydrogen-bond donors (Lipinski definition) is 1. The van der Waals surface area contributed by atoms with Gasteiger partial charge in [0.1, 0.15) is 5.41 Å². The van der Waals surface area contributed by atoms with Crippen LogP contribution in [0.15, 0.2) is 0 Å². The first-order chi connectivity index (χ1) is 7.67. The van der Waals surface area contributed by atoms with E-state index in [0.29, 0.717) is 12.5 Å².